The molecule has 1 saturated carbocycles. The average molecular weight is 780 g/mol. The second kappa shape index (κ2) is 17.5. The predicted molar refractivity (Wildman–Crippen MR) is 249 cm³/mol. The fraction of sp³-hybridized carbons (Fsp3) is 0.143. The van der Waals surface area contributed by atoms with Gasteiger partial charge in [0.25, 0.3) is 5.91 Å². The molecule has 0 aliphatic heterocycles. The van der Waals surface area contributed by atoms with E-state index in [0.717, 1.165) is 74.9 Å². The first-order valence-electron chi connectivity index (χ1n) is 21.1. The lowest BCUT2D eigenvalue weighted by Crippen LogP contribution is -2.51. The molecular weight excluding hydrogens is 731 g/mol. The third kappa shape index (κ3) is 8.61. The van der Waals surface area contributed by atoms with Gasteiger partial charge in [0.15, 0.2) is 0 Å². The number of carbonyl (C=O) groups excluding carboxylic acids is 1. The minimum absolute atomic E-state index is 0.113. The van der Waals surface area contributed by atoms with Crippen molar-refractivity contribution in [2.45, 2.75) is 37.8 Å². The van der Waals surface area contributed by atoms with Crippen molar-refractivity contribution >= 4 is 5.91 Å². The SMILES string of the molecule is CN(C)[C@H]1CCCC[C@@H]1NC(=O)c1ccc(-c2cc(-c3cc(-c4ccccc4)cc(-c4ccccc4)c3)cc(-c3cc(-c4ccccc4)cc(-c4ccccc4)c3)c2)cn1. The highest BCUT2D eigenvalue weighted by Crippen LogP contribution is 2.39. The second-order valence-corrected chi connectivity index (χ2v) is 16.2. The molecule has 1 N–H and O–H groups in total. The highest BCUT2D eigenvalue weighted by atomic mass is 16.2. The van der Waals surface area contributed by atoms with Gasteiger partial charge in [-0.15, -0.1) is 0 Å². The maximum atomic E-state index is 13.6. The van der Waals surface area contributed by atoms with Crippen LogP contribution in [0.2, 0.25) is 0 Å². The molecule has 2 atom stereocenters. The number of likely N-dealkylation sites (N-methyl/N-ethyl adjacent to an activating group) is 1. The van der Waals surface area contributed by atoms with Crippen molar-refractivity contribution in [2.75, 3.05) is 14.1 Å². The van der Waals surface area contributed by atoms with Gasteiger partial charge in [0.05, 0.1) is 0 Å². The van der Waals surface area contributed by atoms with Crippen LogP contribution < -0.4 is 5.32 Å². The maximum Gasteiger partial charge on any atom is 0.270 e. The first-order valence-corrected chi connectivity index (χ1v) is 21.1. The van der Waals surface area contributed by atoms with Gasteiger partial charge >= 0.3 is 0 Å². The van der Waals surface area contributed by atoms with Crippen molar-refractivity contribution in [1.82, 2.24) is 15.2 Å². The summed E-state index contributed by atoms with van der Waals surface area (Å²) in [5.41, 5.74) is 16.1. The Morgan fingerprint density at radius 3 is 1.10 bits per heavy atom. The molecule has 60 heavy (non-hydrogen) atoms. The summed E-state index contributed by atoms with van der Waals surface area (Å²) in [6.07, 6.45) is 6.25. The van der Waals surface area contributed by atoms with Crippen LogP contribution >= 0.6 is 0 Å². The van der Waals surface area contributed by atoms with E-state index in [2.05, 4.69) is 200 Å². The molecule has 4 nitrogen and oxygen atoms in total. The van der Waals surface area contributed by atoms with Crippen LogP contribution in [0.15, 0.2) is 194 Å². The summed E-state index contributed by atoms with van der Waals surface area (Å²) in [6.45, 7) is 0. The molecule has 1 aliphatic carbocycles. The Bertz CT molecular complexity index is 2450. The van der Waals surface area contributed by atoms with Crippen molar-refractivity contribution in [3.05, 3.63) is 200 Å². The number of benzene rings is 7. The molecule has 0 radical (unpaired) electrons. The summed E-state index contributed by atoms with van der Waals surface area (Å²) in [5.74, 6) is -0.118. The molecule has 1 aliphatic rings. The minimum atomic E-state index is -0.118. The highest BCUT2D eigenvalue weighted by Gasteiger charge is 2.28. The van der Waals surface area contributed by atoms with Gasteiger partial charge in [-0.25, -0.2) is 0 Å². The zero-order valence-corrected chi connectivity index (χ0v) is 34.3. The highest BCUT2D eigenvalue weighted by molar-refractivity contribution is 5.93. The summed E-state index contributed by atoms with van der Waals surface area (Å²) in [6, 6.07) is 67.4. The van der Waals surface area contributed by atoms with Crippen molar-refractivity contribution in [2.24, 2.45) is 0 Å². The predicted octanol–water partition coefficient (Wildman–Crippen LogP) is 13.4. The van der Waals surface area contributed by atoms with Crippen LogP contribution in [0, 0.1) is 0 Å². The normalized spacial score (nSPS) is 15.1. The van der Waals surface area contributed by atoms with E-state index in [0.29, 0.717) is 11.7 Å². The monoisotopic (exact) mass is 779 g/mol. The fourth-order valence-corrected chi connectivity index (χ4v) is 8.74. The zero-order chi connectivity index (χ0) is 40.8. The number of hydrogen-bond donors (Lipinski definition) is 1. The van der Waals surface area contributed by atoms with E-state index < -0.39 is 0 Å². The van der Waals surface area contributed by atoms with E-state index in [1.165, 1.54) is 28.7 Å². The maximum absolute atomic E-state index is 13.6. The number of rotatable bonds is 10. The van der Waals surface area contributed by atoms with Crippen LogP contribution in [-0.4, -0.2) is 42.0 Å². The van der Waals surface area contributed by atoms with E-state index in [1.54, 1.807) is 0 Å². The van der Waals surface area contributed by atoms with Gasteiger partial charge in [-0.05, 0) is 160 Å². The number of carbonyl (C=O) groups is 1. The molecule has 9 rings (SSSR count). The van der Waals surface area contributed by atoms with Gasteiger partial charge in [0.1, 0.15) is 5.69 Å². The van der Waals surface area contributed by atoms with Crippen LogP contribution in [0.4, 0.5) is 0 Å². The summed E-state index contributed by atoms with van der Waals surface area (Å²) in [4.78, 5) is 20.6. The number of amides is 1. The molecule has 1 amide bonds. The van der Waals surface area contributed by atoms with Crippen molar-refractivity contribution < 1.29 is 4.79 Å². The van der Waals surface area contributed by atoms with Gasteiger partial charge in [0.2, 0.25) is 0 Å². The molecule has 0 saturated heterocycles. The molecule has 4 heteroatoms. The first kappa shape index (κ1) is 38.6. The Hall–Kier alpha value is -6.88. The van der Waals surface area contributed by atoms with E-state index in [-0.39, 0.29) is 11.9 Å². The number of aromatic nitrogens is 1. The number of hydrogen-bond acceptors (Lipinski definition) is 3. The van der Waals surface area contributed by atoms with Crippen LogP contribution in [0.25, 0.3) is 77.9 Å². The Morgan fingerprint density at radius 1 is 0.433 bits per heavy atom. The lowest BCUT2D eigenvalue weighted by Gasteiger charge is -2.36. The van der Waals surface area contributed by atoms with Gasteiger partial charge in [0, 0.05) is 23.8 Å². The molecule has 8 aromatic rings. The van der Waals surface area contributed by atoms with Crippen LogP contribution in [0.3, 0.4) is 0 Å². The molecule has 7 aromatic carbocycles. The first-order chi connectivity index (χ1) is 29.4. The Kier molecular flexibility index (Phi) is 11.3. The topological polar surface area (TPSA) is 45.2 Å². The van der Waals surface area contributed by atoms with Gasteiger partial charge < -0.3 is 10.2 Å². The molecule has 0 spiro atoms. The molecule has 0 unspecified atom stereocenters. The standard InChI is InChI=1S/C56H49N3O/c1-59(2)55-26-16-15-25-53(55)58-56(60)54-28-27-43(38-57-54)48-35-51(49-31-44(39-17-7-3-8-18-39)29-45(32-49)40-19-9-4-10-20-40)37-52(36-48)50-33-46(41-21-11-5-12-22-41)30-47(34-50)42-23-13-6-14-24-42/h3-14,17-24,27-38,53,55H,15-16,25-26H2,1-2H3,(H,58,60)/t53-,55-/m0/s1. The Labute approximate surface area is 354 Å². The smallest absolute Gasteiger partial charge is 0.270 e. The van der Waals surface area contributed by atoms with Crippen molar-refractivity contribution in [3.8, 4) is 77.9 Å². The molecule has 0 bridgehead atoms. The van der Waals surface area contributed by atoms with E-state index in [4.69, 9.17) is 4.98 Å². The van der Waals surface area contributed by atoms with Gasteiger partial charge in [-0.1, -0.05) is 140 Å². The Morgan fingerprint density at radius 2 is 0.767 bits per heavy atom. The largest absolute Gasteiger partial charge is 0.346 e. The number of nitrogens with one attached hydrogen (secondary N) is 1. The molecule has 1 heterocycles. The molecule has 1 fully saturated rings. The fourth-order valence-electron chi connectivity index (χ4n) is 8.74. The molecule has 1 aromatic heterocycles. The van der Waals surface area contributed by atoms with E-state index >= 15 is 0 Å². The van der Waals surface area contributed by atoms with E-state index in [1.807, 2.05) is 18.3 Å². The van der Waals surface area contributed by atoms with Crippen molar-refractivity contribution in [1.29, 1.82) is 0 Å². The summed E-state index contributed by atoms with van der Waals surface area (Å²) in [7, 11) is 4.21. The van der Waals surface area contributed by atoms with Crippen LogP contribution in [0.5, 0.6) is 0 Å². The molecular formula is C56H49N3O. The lowest BCUT2D eigenvalue weighted by atomic mass is 9.88. The number of nitrogens with zero attached hydrogens (tertiary/aromatic N) is 2. The quantitative estimate of drug-likeness (QED) is 0.150. The second-order valence-electron chi connectivity index (χ2n) is 16.2. The van der Waals surface area contributed by atoms with Crippen LogP contribution in [0.1, 0.15) is 36.2 Å². The van der Waals surface area contributed by atoms with Crippen LogP contribution in [-0.2, 0) is 0 Å². The lowest BCUT2D eigenvalue weighted by molar-refractivity contribution is 0.0878. The number of pyridine rings is 1. The van der Waals surface area contributed by atoms with Gasteiger partial charge in [-0.2, -0.15) is 0 Å². The van der Waals surface area contributed by atoms with Gasteiger partial charge in [-0.3, -0.25) is 9.78 Å². The summed E-state index contributed by atoms with van der Waals surface area (Å²) < 4.78 is 0. The Balaban J connectivity index is 1.19. The van der Waals surface area contributed by atoms with E-state index in [9.17, 15) is 4.79 Å². The van der Waals surface area contributed by atoms with Crippen molar-refractivity contribution in [3.63, 3.8) is 0 Å². The third-order valence-electron chi connectivity index (χ3n) is 11.9. The third-order valence-corrected chi connectivity index (χ3v) is 11.9. The minimum Gasteiger partial charge on any atom is -0.346 e. The molecule has 294 valence electrons. The summed E-state index contributed by atoms with van der Waals surface area (Å²) in [5, 5.41) is 3.32. The average Bonchev–Trinajstić information content (AvgIpc) is 3.32. The summed E-state index contributed by atoms with van der Waals surface area (Å²) >= 11 is 0. The zero-order valence-electron chi connectivity index (χ0n) is 34.3.